The molecule has 0 saturated heterocycles. The van der Waals surface area contributed by atoms with Gasteiger partial charge in [-0.2, -0.15) is 0 Å². The molecule has 112 valence electrons. The van der Waals surface area contributed by atoms with Gasteiger partial charge in [0.2, 0.25) is 0 Å². The maximum atomic E-state index is 3.62. The maximum Gasteiger partial charge on any atom is 0.0459 e. The van der Waals surface area contributed by atoms with Crippen molar-refractivity contribution in [1.29, 1.82) is 0 Å². The van der Waals surface area contributed by atoms with Gasteiger partial charge in [-0.05, 0) is 61.2 Å². The number of benzene rings is 2. The Morgan fingerprint density at radius 3 is 2.64 bits per heavy atom. The summed E-state index contributed by atoms with van der Waals surface area (Å²) < 4.78 is 0. The van der Waals surface area contributed by atoms with Crippen LogP contribution in [0.4, 0.5) is 0 Å². The minimum Gasteiger partial charge on any atom is -0.358 e. The van der Waals surface area contributed by atoms with Gasteiger partial charge < -0.3 is 10.3 Å². The van der Waals surface area contributed by atoms with E-state index in [9.17, 15) is 0 Å². The third kappa shape index (κ3) is 2.24. The van der Waals surface area contributed by atoms with E-state index in [4.69, 9.17) is 0 Å². The molecule has 0 saturated carbocycles. The summed E-state index contributed by atoms with van der Waals surface area (Å²) in [6.45, 7) is 6.50. The van der Waals surface area contributed by atoms with Crippen LogP contribution in [0.15, 0.2) is 36.4 Å². The lowest BCUT2D eigenvalue weighted by Crippen LogP contribution is -2.16. The zero-order valence-corrected chi connectivity index (χ0v) is 13.3. The number of aromatic nitrogens is 1. The van der Waals surface area contributed by atoms with Crippen LogP contribution < -0.4 is 5.32 Å². The van der Waals surface area contributed by atoms with Gasteiger partial charge in [0.15, 0.2) is 0 Å². The number of hydrogen-bond donors (Lipinski definition) is 2. The Labute approximate surface area is 131 Å². The second-order valence-corrected chi connectivity index (χ2v) is 6.41. The summed E-state index contributed by atoms with van der Waals surface area (Å²) in [6, 6.07) is 13.6. The Hall–Kier alpha value is -2.06. The van der Waals surface area contributed by atoms with E-state index in [0.717, 1.165) is 25.9 Å². The molecule has 2 aromatic carbocycles. The highest BCUT2D eigenvalue weighted by molar-refractivity contribution is 5.89. The summed E-state index contributed by atoms with van der Waals surface area (Å²) in [5, 5.41) is 4.89. The SMILES string of the molecule is Cc1ccc(-c2ccc3[nH]c4c(c3c2)CCNCC4)c(C)c1. The van der Waals surface area contributed by atoms with Gasteiger partial charge in [-0.15, -0.1) is 0 Å². The van der Waals surface area contributed by atoms with E-state index in [2.05, 4.69) is 60.5 Å². The average Bonchev–Trinajstić information content (AvgIpc) is 2.68. The van der Waals surface area contributed by atoms with Crippen molar-refractivity contribution < 1.29 is 0 Å². The molecule has 0 fully saturated rings. The van der Waals surface area contributed by atoms with Crippen LogP contribution in [0.25, 0.3) is 22.0 Å². The molecule has 0 unspecified atom stereocenters. The van der Waals surface area contributed by atoms with Crippen molar-refractivity contribution >= 4 is 10.9 Å². The molecular formula is C20H22N2. The fraction of sp³-hybridized carbons (Fsp3) is 0.300. The number of nitrogens with one attached hydrogen (secondary N) is 2. The van der Waals surface area contributed by atoms with Gasteiger partial charge in [0.25, 0.3) is 0 Å². The van der Waals surface area contributed by atoms with E-state index >= 15 is 0 Å². The Bertz CT molecular complexity index is 842. The Morgan fingerprint density at radius 1 is 0.909 bits per heavy atom. The molecule has 2 heteroatoms. The van der Waals surface area contributed by atoms with E-state index in [1.165, 1.54) is 44.4 Å². The van der Waals surface area contributed by atoms with E-state index in [1.54, 1.807) is 0 Å². The summed E-state index contributed by atoms with van der Waals surface area (Å²) in [7, 11) is 0. The number of hydrogen-bond acceptors (Lipinski definition) is 1. The highest BCUT2D eigenvalue weighted by Gasteiger charge is 2.14. The first kappa shape index (κ1) is 13.6. The lowest BCUT2D eigenvalue weighted by atomic mass is 9.96. The molecule has 2 nitrogen and oxygen atoms in total. The Kier molecular flexibility index (Phi) is 3.27. The highest BCUT2D eigenvalue weighted by Crippen LogP contribution is 2.31. The zero-order chi connectivity index (χ0) is 15.1. The molecule has 1 aliphatic rings. The fourth-order valence-electron chi connectivity index (χ4n) is 3.66. The maximum absolute atomic E-state index is 3.62. The molecule has 0 atom stereocenters. The first-order chi connectivity index (χ1) is 10.7. The average molecular weight is 290 g/mol. The molecule has 0 amide bonds. The van der Waals surface area contributed by atoms with Crippen molar-refractivity contribution in [3.05, 3.63) is 58.8 Å². The molecule has 2 N–H and O–H groups in total. The molecule has 0 radical (unpaired) electrons. The monoisotopic (exact) mass is 290 g/mol. The first-order valence-electron chi connectivity index (χ1n) is 8.14. The van der Waals surface area contributed by atoms with Gasteiger partial charge in [-0.25, -0.2) is 0 Å². The summed E-state index contributed by atoms with van der Waals surface area (Å²) in [4.78, 5) is 3.62. The topological polar surface area (TPSA) is 27.8 Å². The van der Waals surface area contributed by atoms with Crippen LogP contribution in [0.5, 0.6) is 0 Å². The third-order valence-electron chi connectivity index (χ3n) is 4.79. The summed E-state index contributed by atoms with van der Waals surface area (Å²) in [5.41, 5.74) is 9.54. The highest BCUT2D eigenvalue weighted by atomic mass is 14.9. The van der Waals surface area contributed by atoms with E-state index in [0.29, 0.717) is 0 Å². The molecule has 0 aliphatic carbocycles. The molecule has 3 aromatic rings. The minimum absolute atomic E-state index is 1.07. The van der Waals surface area contributed by atoms with Crippen molar-refractivity contribution in [2.24, 2.45) is 0 Å². The molecule has 22 heavy (non-hydrogen) atoms. The molecule has 0 spiro atoms. The number of fused-ring (bicyclic) bond motifs is 3. The van der Waals surface area contributed by atoms with Crippen LogP contribution in [0.1, 0.15) is 22.4 Å². The Balaban J connectivity index is 1.88. The van der Waals surface area contributed by atoms with Crippen LogP contribution in [-0.2, 0) is 12.8 Å². The van der Waals surface area contributed by atoms with Crippen molar-refractivity contribution in [3.63, 3.8) is 0 Å². The van der Waals surface area contributed by atoms with Gasteiger partial charge in [0.05, 0.1) is 0 Å². The van der Waals surface area contributed by atoms with E-state index in [1.807, 2.05) is 0 Å². The van der Waals surface area contributed by atoms with Crippen molar-refractivity contribution in [3.8, 4) is 11.1 Å². The Morgan fingerprint density at radius 2 is 1.77 bits per heavy atom. The first-order valence-corrected chi connectivity index (χ1v) is 8.14. The lowest BCUT2D eigenvalue weighted by Gasteiger charge is -2.08. The molecule has 1 aliphatic heterocycles. The smallest absolute Gasteiger partial charge is 0.0459 e. The number of H-pyrrole nitrogens is 1. The standard InChI is InChI=1S/C20H22N2/c1-13-3-5-16(14(2)11-13)15-4-6-19-18(12-15)17-7-9-21-10-8-20(17)22-19/h3-6,11-12,21-22H,7-10H2,1-2H3. The number of aryl methyl sites for hydroxylation is 2. The summed E-state index contributed by atoms with van der Waals surface area (Å²) in [6.07, 6.45) is 2.22. The van der Waals surface area contributed by atoms with Crippen LogP contribution in [0.3, 0.4) is 0 Å². The molecular weight excluding hydrogens is 268 g/mol. The van der Waals surface area contributed by atoms with E-state index in [-0.39, 0.29) is 0 Å². The van der Waals surface area contributed by atoms with Gasteiger partial charge in [0.1, 0.15) is 0 Å². The quantitative estimate of drug-likeness (QED) is 0.692. The predicted molar refractivity (Wildman–Crippen MR) is 93.5 cm³/mol. The largest absolute Gasteiger partial charge is 0.358 e. The van der Waals surface area contributed by atoms with Crippen molar-refractivity contribution in [2.45, 2.75) is 26.7 Å². The molecule has 0 bridgehead atoms. The van der Waals surface area contributed by atoms with E-state index < -0.39 is 0 Å². The van der Waals surface area contributed by atoms with Crippen molar-refractivity contribution in [2.75, 3.05) is 13.1 Å². The molecule has 1 aromatic heterocycles. The van der Waals surface area contributed by atoms with Gasteiger partial charge >= 0.3 is 0 Å². The zero-order valence-electron chi connectivity index (χ0n) is 13.3. The van der Waals surface area contributed by atoms with Gasteiger partial charge in [0, 0.05) is 29.6 Å². The van der Waals surface area contributed by atoms with Crippen LogP contribution in [0, 0.1) is 13.8 Å². The molecule has 2 heterocycles. The fourth-order valence-corrected chi connectivity index (χ4v) is 3.66. The van der Waals surface area contributed by atoms with Gasteiger partial charge in [-0.1, -0.05) is 29.8 Å². The number of rotatable bonds is 1. The third-order valence-corrected chi connectivity index (χ3v) is 4.79. The van der Waals surface area contributed by atoms with Crippen LogP contribution in [-0.4, -0.2) is 18.1 Å². The predicted octanol–water partition coefficient (Wildman–Crippen LogP) is 4.14. The number of aromatic amines is 1. The van der Waals surface area contributed by atoms with Crippen molar-refractivity contribution in [1.82, 2.24) is 10.3 Å². The summed E-state index contributed by atoms with van der Waals surface area (Å²) in [5.74, 6) is 0. The van der Waals surface area contributed by atoms with Crippen LogP contribution in [0.2, 0.25) is 0 Å². The van der Waals surface area contributed by atoms with Gasteiger partial charge in [-0.3, -0.25) is 0 Å². The normalized spacial score (nSPS) is 14.8. The second-order valence-electron chi connectivity index (χ2n) is 6.41. The summed E-state index contributed by atoms with van der Waals surface area (Å²) >= 11 is 0. The second kappa shape index (κ2) is 5.29. The molecule has 4 rings (SSSR count). The lowest BCUT2D eigenvalue weighted by molar-refractivity contribution is 0.708. The minimum atomic E-state index is 1.07. The van der Waals surface area contributed by atoms with Crippen LogP contribution >= 0.6 is 0 Å².